The zero-order valence-electron chi connectivity index (χ0n) is 11.3. The van der Waals surface area contributed by atoms with Crippen LogP contribution in [0.5, 0.6) is 5.75 Å². The fraction of sp³-hybridized carbons (Fsp3) is 0.571. The second-order valence-electron chi connectivity index (χ2n) is 5.45. The van der Waals surface area contributed by atoms with E-state index in [2.05, 4.69) is 10.0 Å². The van der Waals surface area contributed by atoms with Gasteiger partial charge in [-0.1, -0.05) is 0 Å². The summed E-state index contributed by atoms with van der Waals surface area (Å²) in [5.74, 6) is 0.726. The van der Waals surface area contributed by atoms with E-state index >= 15 is 0 Å². The summed E-state index contributed by atoms with van der Waals surface area (Å²) in [5, 5.41) is 3.29. The first-order valence-electron chi connectivity index (χ1n) is 7.13. The van der Waals surface area contributed by atoms with Crippen LogP contribution in [0.2, 0.25) is 0 Å². The normalized spacial score (nSPS) is 23.5. The van der Waals surface area contributed by atoms with E-state index in [0.29, 0.717) is 4.90 Å². The van der Waals surface area contributed by atoms with Gasteiger partial charge in [-0.2, -0.15) is 0 Å². The first-order valence-corrected chi connectivity index (χ1v) is 8.61. The van der Waals surface area contributed by atoms with Gasteiger partial charge in [-0.15, -0.1) is 0 Å². The molecule has 1 aromatic carbocycles. The van der Waals surface area contributed by atoms with Crippen molar-refractivity contribution in [3.05, 3.63) is 24.3 Å². The van der Waals surface area contributed by atoms with Gasteiger partial charge in [-0.05, 0) is 56.5 Å². The summed E-state index contributed by atoms with van der Waals surface area (Å²) in [6.07, 6.45) is 4.21. The van der Waals surface area contributed by atoms with Crippen molar-refractivity contribution in [2.24, 2.45) is 0 Å². The van der Waals surface area contributed by atoms with Gasteiger partial charge in [0.15, 0.2) is 0 Å². The lowest BCUT2D eigenvalue weighted by Gasteiger charge is -2.24. The predicted octanol–water partition coefficient (Wildman–Crippen LogP) is 1.26. The molecule has 2 fully saturated rings. The average Bonchev–Trinajstić information content (AvgIpc) is 3.24. The summed E-state index contributed by atoms with van der Waals surface area (Å²) >= 11 is 0. The molecule has 1 saturated carbocycles. The Morgan fingerprint density at radius 1 is 1.15 bits per heavy atom. The third-order valence-corrected chi connectivity index (χ3v) is 5.12. The van der Waals surface area contributed by atoms with Crippen LogP contribution < -0.4 is 14.8 Å². The molecule has 20 heavy (non-hydrogen) atoms. The number of piperidine rings is 1. The molecule has 2 N–H and O–H groups in total. The van der Waals surface area contributed by atoms with Gasteiger partial charge in [0.25, 0.3) is 0 Å². The minimum atomic E-state index is -3.36. The van der Waals surface area contributed by atoms with Crippen LogP contribution in [0.4, 0.5) is 0 Å². The number of ether oxygens (including phenoxy) is 1. The van der Waals surface area contributed by atoms with Crippen LogP contribution in [0.3, 0.4) is 0 Å². The number of rotatable bonds is 5. The second-order valence-corrected chi connectivity index (χ2v) is 7.17. The number of hydrogen-bond acceptors (Lipinski definition) is 4. The van der Waals surface area contributed by atoms with Crippen molar-refractivity contribution >= 4 is 10.0 Å². The number of hydrogen-bond donors (Lipinski definition) is 2. The van der Waals surface area contributed by atoms with Crippen LogP contribution in [0.25, 0.3) is 0 Å². The highest BCUT2D eigenvalue weighted by molar-refractivity contribution is 7.89. The van der Waals surface area contributed by atoms with E-state index in [9.17, 15) is 8.42 Å². The van der Waals surface area contributed by atoms with Gasteiger partial charge in [0, 0.05) is 12.6 Å². The van der Waals surface area contributed by atoms with Crippen molar-refractivity contribution in [1.82, 2.24) is 10.0 Å². The zero-order valence-corrected chi connectivity index (χ0v) is 12.2. The molecule has 0 unspecified atom stereocenters. The highest BCUT2D eigenvalue weighted by Gasteiger charge is 2.27. The minimum absolute atomic E-state index is 0.129. The maximum absolute atomic E-state index is 12.0. The molecule has 1 aliphatic carbocycles. The molecule has 1 saturated heterocycles. The van der Waals surface area contributed by atoms with Crippen LogP contribution in [-0.2, 0) is 10.0 Å². The molecule has 1 heterocycles. The average molecular weight is 296 g/mol. The standard InChI is InChI=1S/C14H20N2O3S/c17-20(18,16-11-3-4-11)14-7-5-12(6-8-14)19-13-2-1-9-15-10-13/h5-8,11,13,15-16H,1-4,9-10H2/t13-/m0/s1. The highest BCUT2D eigenvalue weighted by Crippen LogP contribution is 2.23. The van der Waals surface area contributed by atoms with Crippen LogP contribution in [0.1, 0.15) is 25.7 Å². The highest BCUT2D eigenvalue weighted by atomic mass is 32.2. The molecule has 1 aliphatic heterocycles. The minimum Gasteiger partial charge on any atom is -0.489 e. The summed E-state index contributed by atoms with van der Waals surface area (Å²) in [7, 11) is -3.36. The predicted molar refractivity (Wildman–Crippen MR) is 76.3 cm³/mol. The molecule has 2 aliphatic rings. The molecule has 3 rings (SSSR count). The maximum atomic E-state index is 12.0. The number of sulfonamides is 1. The van der Waals surface area contributed by atoms with Crippen molar-refractivity contribution in [2.75, 3.05) is 13.1 Å². The van der Waals surface area contributed by atoms with Gasteiger partial charge < -0.3 is 10.1 Å². The molecule has 0 radical (unpaired) electrons. The van der Waals surface area contributed by atoms with Gasteiger partial charge in [0.05, 0.1) is 4.90 Å². The first kappa shape index (κ1) is 13.9. The number of benzene rings is 1. The van der Waals surface area contributed by atoms with E-state index in [0.717, 1.165) is 44.5 Å². The van der Waals surface area contributed by atoms with Crippen LogP contribution in [-0.4, -0.2) is 33.7 Å². The van der Waals surface area contributed by atoms with Crippen molar-refractivity contribution in [3.63, 3.8) is 0 Å². The maximum Gasteiger partial charge on any atom is 0.240 e. The Morgan fingerprint density at radius 2 is 1.90 bits per heavy atom. The first-order chi connectivity index (χ1) is 9.63. The summed E-state index contributed by atoms with van der Waals surface area (Å²) in [5.41, 5.74) is 0. The summed E-state index contributed by atoms with van der Waals surface area (Å²) in [4.78, 5) is 0.304. The lowest BCUT2D eigenvalue weighted by molar-refractivity contribution is 0.167. The molecule has 0 spiro atoms. The van der Waals surface area contributed by atoms with Crippen molar-refractivity contribution in [3.8, 4) is 5.75 Å². The van der Waals surface area contributed by atoms with Gasteiger partial charge in [0.2, 0.25) is 10.0 Å². The molecule has 6 heteroatoms. The van der Waals surface area contributed by atoms with Crippen molar-refractivity contribution in [1.29, 1.82) is 0 Å². The molecule has 0 bridgehead atoms. The third kappa shape index (κ3) is 3.50. The number of nitrogens with one attached hydrogen (secondary N) is 2. The van der Waals surface area contributed by atoms with Crippen LogP contribution in [0.15, 0.2) is 29.2 Å². The van der Waals surface area contributed by atoms with Crippen molar-refractivity contribution in [2.45, 2.75) is 42.7 Å². The Bertz CT molecular complexity index is 546. The second kappa shape index (κ2) is 5.71. The Balaban J connectivity index is 1.64. The molecular weight excluding hydrogens is 276 g/mol. The summed E-state index contributed by atoms with van der Waals surface area (Å²) in [6.45, 7) is 1.90. The van der Waals surface area contributed by atoms with E-state index < -0.39 is 10.0 Å². The van der Waals surface area contributed by atoms with E-state index in [4.69, 9.17) is 4.74 Å². The van der Waals surface area contributed by atoms with E-state index in [1.807, 2.05) is 0 Å². The Hall–Kier alpha value is -1.11. The van der Waals surface area contributed by atoms with Gasteiger partial charge >= 0.3 is 0 Å². The quantitative estimate of drug-likeness (QED) is 0.858. The smallest absolute Gasteiger partial charge is 0.240 e. The van der Waals surface area contributed by atoms with Gasteiger partial charge in [-0.3, -0.25) is 0 Å². The van der Waals surface area contributed by atoms with Gasteiger partial charge in [-0.25, -0.2) is 13.1 Å². The Kier molecular flexibility index (Phi) is 3.96. The summed E-state index contributed by atoms with van der Waals surface area (Å²) < 4.78 is 32.6. The lowest BCUT2D eigenvalue weighted by atomic mass is 10.1. The molecule has 110 valence electrons. The monoisotopic (exact) mass is 296 g/mol. The van der Waals surface area contributed by atoms with E-state index in [1.54, 1.807) is 24.3 Å². The zero-order chi connectivity index (χ0) is 14.0. The molecular formula is C14H20N2O3S. The fourth-order valence-corrected chi connectivity index (χ4v) is 3.60. The van der Waals surface area contributed by atoms with Crippen molar-refractivity contribution < 1.29 is 13.2 Å². The van der Waals surface area contributed by atoms with Crippen LogP contribution in [0, 0.1) is 0 Å². The fourth-order valence-electron chi connectivity index (χ4n) is 2.30. The van der Waals surface area contributed by atoms with E-state index in [-0.39, 0.29) is 12.1 Å². The molecule has 1 atom stereocenters. The SMILES string of the molecule is O=S(=O)(NC1CC1)c1ccc(O[C@H]2CCCNC2)cc1. The Morgan fingerprint density at radius 3 is 2.50 bits per heavy atom. The third-order valence-electron chi connectivity index (χ3n) is 3.59. The molecule has 1 aromatic rings. The lowest BCUT2D eigenvalue weighted by Crippen LogP contribution is -2.37. The largest absolute Gasteiger partial charge is 0.489 e. The summed E-state index contributed by atoms with van der Waals surface area (Å²) in [6, 6.07) is 6.81. The molecule has 0 amide bonds. The molecule has 5 nitrogen and oxygen atoms in total. The topological polar surface area (TPSA) is 67.4 Å². The Labute approximate surface area is 119 Å². The van der Waals surface area contributed by atoms with Gasteiger partial charge in [0.1, 0.15) is 11.9 Å². The molecule has 0 aromatic heterocycles. The van der Waals surface area contributed by atoms with E-state index in [1.165, 1.54) is 0 Å². The van der Waals surface area contributed by atoms with Crippen LogP contribution >= 0.6 is 0 Å².